The number of carbonyl (C=O) groups is 4. The predicted molar refractivity (Wildman–Crippen MR) is 162 cm³/mol. The minimum atomic E-state index is -1.29. The molecule has 0 atom stereocenters. The maximum Gasteiger partial charge on any atom is 2.00 e. The Hall–Kier alpha value is -3.97. The number of anilines is 2. The van der Waals surface area contributed by atoms with Crippen LogP contribution < -0.4 is 20.8 Å². The van der Waals surface area contributed by atoms with Gasteiger partial charge in [0, 0.05) is 11.4 Å². The summed E-state index contributed by atoms with van der Waals surface area (Å²) >= 11 is 0. The molecule has 0 aromatic heterocycles. The van der Waals surface area contributed by atoms with Gasteiger partial charge in [0.2, 0.25) is 0 Å². The minimum Gasteiger partial charge on any atom is -0.872 e. The van der Waals surface area contributed by atoms with Crippen LogP contribution in [-0.4, -0.2) is 47.6 Å². The second kappa shape index (κ2) is 24.4. The zero-order valence-electron chi connectivity index (χ0n) is 25.9. The number of amides is 2. The Kier molecular flexibility index (Phi) is 22.2. The van der Waals surface area contributed by atoms with Crippen molar-refractivity contribution in [1.29, 1.82) is 0 Å². The van der Waals surface area contributed by atoms with E-state index >= 15 is 0 Å². The largest absolute Gasteiger partial charge is 2.00 e. The molecule has 0 aliphatic rings. The molecule has 0 aliphatic heterocycles. The van der Waals surface area contributed by atoms with Crippen molar-refractivity contribution in [3.63, 3.8) is 0 Å². The first-order valence-electron chi connectivity index (χ1n) is 15.0. The van der Waals surface area contributed by atoms with Gasteiger partial charge in [-0.25, -0.2) is 19.2 Å². The standard InChI is InChI=1S/2C16H23NO5.Co/c2*1-2-3-4-5-6-7-10-22-16(21)17-12-8-9-13(15(19)20)14(18)11-12;/h2*8-9,11,18H,2-7,10H2,1H3,(H,17,21)(H,19,20);/q;;+2/p-2. The van der Waals surface area contributed by atoms with Crippen LogP contribution in [-0.2, 0) is 26.3 Å². The first kappa shape index (κ1) is 41.0. The quantitative estimate of drug-likeness (QED) is 0.123. The Morgan fingerprint density at radius 1 is 0.600 bits per heavy atom. The van der Waals surface area contributed by atoms with Gasteiger partial charge in [0.1, 0.15) is 0 Å². The molecule has 4 N–H and O–H groups in total. The van der Waals surface area contributed by atoms with Crippen molar-refractivity contribution in [2.75, 3.05) is 23.8 Å². The summed E-state index contributed by atoms with van der Waals surface area (Å²) in [5, 5.41) is 45.3. The van der Waals surface area contributed by atoms with Crippen LogP contribution in [0, 0.1) is 0 Å². The Labute approximate surface area is 274 Å². The van der Waals surface area contributed by atoms with Gasteiger partial charge in [-0.05, 0) is 49.2 Å². The van der Waals surface area contributed by atoms with Crippen LogP contribution in [0.3, 0.4) is 0 Å². The molecule has 0 unspecified atom stereocenters. The van der Waals surface area contributed by atoms with Crippen LogP contribution >= 0.6 is 0 Å². The summed E-state index contributed by atoms with van der Waals surface area (Å²) in [4.78, 5) is 44.5. The van der Waals surface area contributed by atoms with E-state index in [1.54, 1.807) is 0 Å². The fourth-order valence-corrected chi connectivity index (χ4v) is 3.96. The zero-order valence-corrected chi connectivity index (χ0v) is 26.9. The molecule has 2 amide bonds. The number of carboxylic acid groups (broad SMARTS) is 2. The summed E-state index contributed by atoms with van der Waals surface area (Å²) in [5.74, 6) is -3.88. The van der Waals surface area contributed by atoms with Gasteiger partial charge in [0.25, 0.3) is 0 Å². The minimum absolute atomic E-state index is 0. The molecule has 251 valence electrons. The average molecular weight is 676 g/mol. The van der Waals surface area contributed by atoms with Gasteiger partial charge in [0.05, 0.1) is 24.3 Å². The first-order chi connectivity index (χ1) is 21.1. The Balaban J connectivity index is 0.000000842. The van der Waals surface area contributed by atoms with Crippen molar-refractivity contribution in [2.24, 2.45) is 0 Å². The molecular formula is C32H44CoN2O10. The van der Waals surface area contributed by atoms with Gasteiger partial charge in [0.15, 0.2) is 0 Å². The molecule has 45 heavy (non-hydrogen) atoms. The summed E-state index contributed by atoms with van der Waals surface area (Å²) < 4.78 is 10.0. The predicted octanol–water partition coefficient (Wildman–Crippen LogP) is 6.73. The SMILES string of the molecule is CCCCCCCCOC(=O)Nc1ccc(C(=O)O)c([O-])c1.CCCCCCCCOC(=O)Nc1ccc(C(=O)O)c([O-])c1.[Co+2]. The fraction of sp³-hybridized carbons (Fsp3) is 0.500. The van der Waals surface area contributed by atoms with Gasteiger partial charge in [-0.1, -0.05) is 89.6 Å². The second-order valence-corrected chi connectivity index (χ2v) is 10.1. The van der Waals surface area contributed by atoms with Crippen LogP contribution in [0.5, 0.6) is 11.5 Å². The molecule has 0 bridgehead atoms. The molecule has 0 fully saturated rings. The Morgan fingerprint density at radius 3 is 1.24 bits per heavy atom. The monoisotopic (exact) mass is 675 g/mol. The van der Waals surface area contributed by atoms with E-state index < -0.39 is 35.6 Å². The number of nitrogens with one attached hydrogen (secondary N) is 2. The van der Waals surface area contributed by atoms with E-state index in [0.717, 1.165) is 62.8 Å². The topological polar surface area (TPSA) is 197 Å². The second-order valence-electron chi connectivity index (χ2n) is 10.1. The smallest absolute Gasteiger partial charge is 0.872 e. The van der Waals surface area contributed by atoms with Gasteiger partial charge >= 0.3 is 40.9 Å². The van der Waals surface area contributed by atoms with Gasteiger partial charge in [-0.15, -0.1) is 0 Å². The summed E-state index contributed by atoms with van der Waals surface area (Å²) in [6.45, 7) is 4.97. The molecule has 0 aliphatic carbocycles. The molecule has 1 radical (unpaired) electrons. The summed E-state index contributed by atoms with van der Waals surface area (Å²) in [5.41, 5.74) is -0.206. The van der Waals surface area contributed by atoms with Crippen molar-refractivity contribution < 1.29 is 65.9 Å². The summed E-state index contributed by atoms with van der Waals surface area (Å²) in [6, 6.07) is 7.17. The van der Waals surface area contributed by atoms with E-state index in [4.69, 9.17) is 19.7 Å². The van der Waals surface area contributed by atoms with Gasteiger partial charge < -0.3 is 29.9 Å². The molecular weight excluding hydrogens is 631 g/mol. The van der Waals surface area contributed by atoms with Crippen LogP contribution in [0.25, 0.3) is 0 Å². The molecule has 2 aromatic rings. The number of unbranched alkanes of at least 4 members (excludes halogenated alkanes) is 10. The van der Waals surface area contributed by atoms with Crippen molar-refractivity contribution in [2.45, 2.75) is 90.9 Å². The van der Waals surface area contributed by atoms with Crippen molar-refractivity contribution >= 4 is 35.5 Å². The molecule has 0 saturated heterocycles. The molecule has 0 saturated carbocycles. The molecule has 0 spiro atoms. The zero-order chi connectivity index (χ0) is 32.7. The number of carboxylic acids is 2. The van der Waals surface area contributed by atoms with E-state index in [1.807, 2.05) is 0 Å². The van der Waals surface area contributed by atoms with E-state index in [9.17, 15) is 29.4 Å². The number of hydrogen-bond donors (Lipinski definition) is 4. The van der Waals surface area contributed by atoms with E-state index in [-0.39, 0.29) is 39.3 Å². The van der Waals surface area contributed by atoms with Crippen LogP contribution in [0.1, 0.15) is 112 Å². The van der Waals surface area contributed by atoms with Crippen LogP contribution in [0.2, 0.25) is 0 Å². The van der Waals surface area contributed by atoms with Crippen molar-refractivity contribution in [3.05, 3.63) is 47.5 Å². The maximum absolute atomic E-state index is 11.5. The third-order valence-electron chi connectivity index (χ3n) is 6.38. The molecule has 12 nitrogen and oxygen atoms in total. The molecule has 2 rings (SSSR count). The molecule has 13 heteroatoms. The Morgan fingerprint density at radius 2 is 0.933 bits per heavy atom. The number of ether oxygens (including phenoxy) is 2. The maximum atomic E-state index is 11.5. The number of aromatic carboxylic acids is 2. The van der Waals surface area contributed by atoms with E-state index in [1.165, 1.54) is 50.7 Å². The van der Waals surface area contributed by atoms with Crippen molar-refractivity contribution in [1.82, 2.24) is 0 Å². The molecule has 2 aromatic carbocycles. The number of hydrogen-bond acceptors (Lipinski definition) is 8. The summed E-state index contributed by atoms with van der Waals surface area (Å²) in [6.07, 6.45) is 11.9. The fourth-order valence-electron chi connectivity index (χ4n) is 3.96. The third kappa shape index (κ3) is 18.4. The third-order valence-corrected chi connectivity index (χ3v) is 6.38. The van der Waals surface area contributed by atoms with E-state index in [2.05, 4.69) is 24.5 Å². The average Bonchev–Trinajstić information content (AvgIpc) is 2.96. The van der Waals surface area contributed by atoms with Gasteiger partial charge in [-0.3, -0.25) is 10.6 Å². The van der Waals surface area contributed by atoms with Crippen LogP contribution in [0.4, 0.5) is 21.0 Å². The van der Waals surface area contributed by atoms with Crippen molar-refractivity contribution in [3.8, 4) is 11.5 Å². The first-order valence-corrected chi connectivity index (χ1v) is 15.0. The molecule has 0 heterocycles. The van der Waals surface area contributed by atoms with Crippen LogP contribution in [0.15, 0.2) is 36.4 Å². The normalized spacial score (nSPS) is 10.0. The van der Waals surface area contributed by atoms with E-state index in [0.29, 0.717) is 13.2 Å². The number of rotatable bonds is 18. The summed E-state index contributed by atoms with van der Waals surface area (Å²) in [7, 11) is 0. The number of benzene rings is 2. The van der Waals surface area contributed by atoms with Gasteiger partial charge in [-0.2, -0.15) is 0 Å². The Bertz CT molecular complexity index is 1100. The number of carbonyl (C=O) groups excluding carboxylic acids is 2.